The molecule has 3 heteroatoms. The average Bonchev–Trinajstić information content (AvgIpc) is 2.70. The van der Waals surface area contributed by atoms with Gasteiger partial charge in [0.25, 0.3) is 0 Å². The number of benzene rings is 1. The Balaban J connectivity index is 2.48. The van der Waals surface area contributed by atoms with E-state index in [1.54, 1.807) is 0 Å². The molecule has 1 aromatic heterocycles. The van der Waals surface area contributed by atoms with Crippen LogP contribution in [-0.4, -0.2) is 10.2 Å². The summed E-state index contributed by atoms with van der Waals surface area (Å²) in [5.41, 5.74) is 4.66. The van der Waals surface area contributed by atoms with Crippen LogP contribution in [0.25, 0.3) is 11.3 Å². The minimum Gasteiger partial charge on any atom is -0.281 e. The predicted octanol–water partition coefficient (Wildman–Crippen LogP) is 4.45. The smallest absolute Gasteiger partial charge is 0.0926 e. The Morgan fingerprint density at radius 2 is 1.94 bits per heavy atom. The Labute approximate surface area is 111 Å². The van der Waals surface area contributed by atoms with Gasteiger partial charge in [-0.1, -0.05) is 48.8 Å². The number of nitrogens with zero attached hydrogens (tertiary/aromatic N) is 1. The van der Waals surface area contributed by atoms with Gasteiger partial charge in [-0.2, -0.15) is 5.10 Å². The molecule has 0 bridgehead atoms. The predicted molar refractivity (Wildman–Crippen MR) is 75.2 cm³/mol. The number of rotatable bonds is 1. The van der Waals surface area contributed by atoms with Gasteiger partial charge in [-0.15, -0.1) is 0 Å². The third-order valence-corrected chi connectivity index (χ3v) is 3.79. The monoisotopic (exact) mass is 292 g/mol. The van der Waals surface area contributed by atoms with Crippen molar-refractivity contribution in [2.45, 2.75) is 33.1 Å². The summed E-state index contributed by atoms with van der Waals surface area (Å²) in [4.78, 5) is 0. The summed E-state index contributed by atoms with van der Waals surface area (Å²) in [7, 11) is 0. The van der Waals surface area contributed by atoms with Crippen molar-refractivity contribution < 1.29 is 0 Å². The number of nitrogens with one attached hydrogen (secondary N) is 1. The van der Waals surface area contributed by atoms with Gasteiger partial charge in [0.15, 0.2) is 0 Å². The number of aromatic nitrogens is 2. The van der Waals surface area contributed by atoms with E-state index in [4.69, 9.17) is 0 Å². The van der Waals surface area contributed by atoms with Crippen LogP contribution in [0.1, 0.15) is 32.0 Å². The van der Waals surface area contributed by atoms with E-state index < -0.39 is 0 Å². The van der Waals surface area contributed by atoms with Crippen LogP contribution < -0.4 is 0 Å². The highest BCUT2D eigenvalue weighted by molar-refractivity contribution is 9.10. The first-order valence-electron chi connectivity index (χ1n) is 5.71. The van der Waals surface area contributed by atoms with Crippen molar-refractivity contribution >= 4 is 15.9 Å². The van der Waals surface area contributed by atoms with Gasteiger partial charge in [0.2, 0.25) is 0 Å². The molecule has 17 heavy (non-hydrogen) atoms. The molecular weight excluding hydrogens is 276 g/mol. The van der Waals surface area contributed by atoms with E-state index in [-0.39, 0.29) is 5.41 Å². The van der Waals surface area contributed by atoms with Crippen LogP contribution in [0.3, 0.4) is 0 Å². The van der Waals surface area contributed by atoms with E-state index in [0.717, 1.165) is 15.9 Å². The number of H-pyrrole nitrogens is 1. The number of aromatic amines is 1. The van der Waals surface area contributed by atoms with Crippen LogP contribution >= 0.6 is 15.9 Å². The Hall–Kier alpha value is -1.09. The Kier molecular flexibility index (Phi) is 3.13. The molecule has 1 N–H and O–H groups in total. The van der Waals surface area contributed by atoms with Gasteiger partial charge in [0.1, 0.15) is 0 Å². The molecule has 2 rings (SSSR count). The van der Waals surface area contributed by atoms with Gasteiger partial charge in [-0.3, -0.25) is 5.10 Å². The quantitative estimate of drug-likeness (QED) is 0.827. The molecule has 0 spiro atoms. The molecule has 0 atom stereocenters. The third-order valence-electron chi connectivity index (χ3n) is 2.93. The van der Waals surface area contributed by atoms with Gasteiger partial charge in [0.05, 0.1) is 5.69 Å². The molecule has 0 amide bonds. The maximum Gasteiger partial charge on any atom is 0.0926 e. The van der Waals surface area contributed by atoms with Crippen LogP contribution in [0, 0.1) is 6.92 Å². The summed E-state index contributed by atoms with van der Waals surface area (Å²) < 4.78 is 1.12. The Bertz CT molecular complexity index is 535. The first-order chi connectivity index (χ1) is 7.89. The van der Waals surface area contributed by atoms with E-state index >= 15 is 0 Å². The normalized spacial score (nSPS) is 11.8. The van der Waals surface area contributed by atoms with Gasteiger partial charge >= 0.3 is 0 Å². The second-order valence-corrected chi connectivity index (χ2v) is 6.18. The number of hydrogen-bond acceptors (Lipinski definition) is 1. The Morgan fingerprint density at radius 1 is 1.24 bits per heavy atom. The first-order valence-corrected chi connectivity index (χ1v) is 6.50. The van der Waals surface area contributed by atoms with E-state index in [0.29, 0.717) is 0 Å². The van der Waals surface area contributed by atoms with Crippen molar-refractivity contribution in [3.8, 4) is 11.3 Å². The largest absolute Gasteiger partial charge is 0.281 e. The van der Waals surface area contributed by atoms with Gasteiger partial charge < -0.3 is 0 Å². The van der Waals surface area contributed by atoms with Crippen molar-refractivity contribution in [2.75, 3.05) is 0 Å². The van der Waals surface area contributed by atoms with E-state index in [9.17, 15) is 0 Å². The summed E-state index contributed by atoms with van der Waals surface area (Å²) in [6.07, 6.45) is 0. The van der Waals surface area contributed by atoms with Crippen molar-refractivity contribution in [1.82, 2.24) is 10.2 Å². The van der Waals surface area contributed by atoms with Crippen LogP contribution in [0.2, 0.25) is 0 Å². The second kappa shape index (κ2) is 4.30. The highest BCUT2D eigenvalue weighted by Gasteiger charge is 2.17. The molecule has 2 nitrogen and oxygen atoms in total. The lowest BCUT2D eigenvalue weighted by Gasteiger charge is -2.14. The second-order valence-electron chi connectivity index (χ2n) is 5.33. The minimum atomic E-state index is 0.102. The molecule has 0 radical (unpaired) electrons. The zero-order valence-corrected chi connectivity index (χ0v) is 12.2. The summed E-state index contributed by atoms with van der Waals surface area (Å²) in [5.74, 6) is 0. The fourth-order valence-electron chi connectivity index (χ4n) is 1.73. The fraction of sp³-hybridized carbons (Fsp3) is 0.357. The average molecular weight is 293 g/mol. The number of halogens is 1. The lowest BCUT2D eigenvalue weighted by Crippen LogP contribution is -2.11. The molecule has 2 aromatic rings. The highest BCUT2D eigenvalue weighted by atomic mass is 79.9. The zero-order chi connectivity index (χ0) is 12.6. The van der Waals surface area contributed by atoms with Crippen molar-refractivity contribution in [3.63, 3.8) is 0 Å². The van der Waals surface area contributed by atoms with Gasteiger partial charge in [-0.25, -0.2) is 0 Å². The van der Waals surface area contributed by atoms with Crippen molar-refractivity contribution in [3.05, 3.63) is 40.0 Å². The van der Waals surface area contributed by atoms with E-state index in [1.807, 2.05) is 6.07 Å². The lowest BCUT2D eigenvalue weighted by molar-refractivity contribution is 0.567. The molecule has 0 aliphatic heterocycles. The molecule has 1 heterocycles. The molecule has 0 saturated heterocycles. The molecule has 90 valence electrons. The van der Waals surface area contributed by atoms with Crippen LogP contribution in [-0.2, 0) is 5.41 Å². The SMILES string of the molecule is Cc1c(Br)cccc1-c1cc(C(C)(C)C)[nH]n1. The number of hydrogen-bond donors (Lipinski definition) is 1. The first kappa shape index (κ1) is 12.4. The van der Waals surface area contributed by atoms with Crippen LogP contribution in [0.5, 0.6) is 0 Å². The molecular formula is C14H17BrN2. The van der Waals surface area contributed by atoms with Crippen LogP contribution in [0.15, 0.2) is 28.7 Å². The van der Waals surface area contributed by atoms with E-state index in [2.05, 4.69) is 72.0 Å². The highest BCUT2D eigenvalue weighted by Crippen LogP contribution is 2.30. The summed E-state index contributed by atoms with van der Waals surface area (Å²) in [5, 5.41) is 7.53. The molecule has 0 aliphatic rings. The molecule has 0 aliphatic carbocycles. The van der Waals surface area contributed by atoms with Gasteiger partial charge in [-0.05, 0) is 24.6 Å². The summed E-state index contributed by atoms with van der Waals surface area (Å²) >= 11 is 3.55. The van der Waals surface area contributed by atoms with Crippen molar-refractivity contribution in [1.29, 1.82) is 0 Å². The third kappa shape index (κ3) is 2.44. The zero-order valence-electron chi connectivity index (χ0n) is 10.6. The molecule has 0 fully saturated rings. The maximum atomic E-state index is 4.41. The van der Waals surface area contributed by atoms with Crippen molar-refractivity contribution in [2.24, 2.45) is 0 Å². The topological polar surface area (TPSA) is 28.7 Å². The molecule has 0 unspecified atom stereocenters. The standard InChI is InChI=1S/C14H17BrN2/c1-9-10(6-5-7-11(9)15)12-8-13(17-16-12)14(2,3)4/h5-8H,1-4H3,(H,16,17). The Morgan fingerprint density at radius 3 is 2.53 bits per heavy atom. The van der Waals surface area contributed by atoms with Crippen LogP contribution in [0.4, 0.5) is 0 Å². The molecule has 0 saturated carbocycles. The molecule has 1 aromatic carbocycles. The lowest BCUT2D eigenvalue weighted by atomic mass is 9.91. The maximum absolute atomic E-state index is 4.41. The minimum absolute atomic E-state index is 0.102. The fourth-order valence-corrected chi connectivity index (χ4v) is 2.10. The van der Waals surface area contributed by atoms with E-state index in [1.165, 1.54) is 11.1 Å². The van der Waals surface area contributed by atoms with Gasteiger partial charge in [0, 0.05) is 21.1 Å². The summed E-state index contributed by atoms with van der Waals surface area (Å²) in [6, 6.07) is 8.32. The summed E-state index contributed by atoms with van der Waals surface area (Å²) in [6.45, 7) is 8.64.